The minimum absolute atomic E-state index is 0.0831. The number of hydrogen-bond acceptors (Lipinski definition) is 3. The van der Waals surface area contributed by atoms with Crippen LogP contribution in [-0.2, 0) is 16.0 Å². The summed E-state index contributed by atoms with van der Waals surface area (Å²) in [5.41, 5.74) is 1.10. The zero-order valence-electron chi connectivity index (χ0n) is 12.0. The van der Waals surface area contributed by atoms with Crippen LogP contribution in [0.25, 0.3) is 0 Å². The summed E-state index contributed by atoms with van der Waals surface area (Å²) in [5, 5.41) is 2.70. The second-order valence-electron chi connectivity index (χ2n) is 5.21. The molecule has 4 nitrogen and oxygen atoms in total. The lowest BCUT2D eigenvalue weighted by Gasteiger charge is -2.25. The molecule has 1 aliphatic heterocycles. The topological polar surface area (TPSA) is 47.6 Å². The number of amides is 1. The Kier molecular flexibility index (Phi) is 5.65. The number of alkyl halides is 3. The third-order valence-electron chi connectivity index (χ3n) is 3.28. The molecular weight excluding hydrogens is 299 g/mol. The number of halogens is 3. The molecule has 0 fully saturated rings. The Morgan fingerprint density at radius 1 is 1.36 bits per heavy atom. The fraction of sp³-hybridized carbons (Fsp3) is 0.533. The number of nitrogens with one attached hydrogen (secondary N) is 1. The summed E-state index contributed by atoms with van der Waals surface area (Å²) in [4.78, 5) is 11.5. The minimum Gasteiger partial charge on any atom is -0.493 e. The van der Waals surface area contributed by atoms with Gasteiger partial charge in [0.05, 0.1) is 13.2 Å². The first-order chi connectivity index (χ1) is 10.4. The Balaban J connectivity index is 1.63. The number of rotatable bonds is 6. The van der Waals surface area contributed by atoms with Crippen molar-refractivity contribution in [2.75, 3.05) is 26.4 Å². The van der Waals surface area contributed by atoms with E-state index in [1.54, 1.807) is 0 Å². The quantitative estimate of drug-likeness (QED) is 0.819. The lowest BCUT2D eigenvalue weighted by atomic mass is 9.97. The Morgan fingerprint density at radius 3 is 2.91 bits per heavy atom. The number of fused-ring (bicyclic) bond motifs is 1. The third kappa shape index (κ3) is 5.55. The first-order valence-electron chi connectivity index (χ1n) is 7.06. The van der Waals surface area contributed by atoms with Crippen LogP contribution in [0.2, 0.25) is 0 Å². The fourth-order valence-corrected chi connectivity index (χ4v) is 2.22. The first-order valence-corrected chi connectivity index (χ1v) is 7.06. The van der Waals surface area contributed by atoms with Crippen LogP contribution in [0.15, 0.2) is 24.3 Å². The van der Waals surface area contributed by atoms with Crippen LogP contribution < -0.4 is 10.1 Å². The number of ether oxygens (including phenoxy) is 2. The molecule has 1 heterocycles. The maximum absolute atomic E-state index is 11.9. The van der Waals surface area contributed by atoms with Gasteiger partial charge in [-0.25, -0.2) is 0 Å². The van der Waals surface area contributed by atoms with Crippen molar-refractivity contribution >= 4 is 5.91 Å². The molecule has 0 radical (unpaired) electrons. The van der Waals surface area contributed by atoms with E-state index >= 15 is 0 Å². The molecule has 1 amide bonds. The van der Waals surface area contributed by atoms with Gasteiger partial charge in [-0.2, -0.15) is 13.2 Å². The molecule has 0 spiro atoms. The summed E-state index contributed by atoms with van der Waals surface area (Å²) < 4.78 is 45.6. The summed E-state index contributed by atoms with van der Waals surface area (Å²) in [7, 11) is 0. The van der Waals surface area contributed by atoms with Gasteiger partial charge in [-0.15, -0.1) is 0 Å². The zero-order valence-corrected chi connectivity index (χ0v) is 12.0. The highest BCUT2D eigenvalue weighted by atomic mass is 19.4. The summed E-state index contributed by atoms with van der Waals surface area (Å²) in [6.45, 7) is -0.614. The Bertz CT molecular complexity index is 505. The van der Waals surface area contributed by atoms with E-state index in [9.17, 15) is 18.0 Å². The highest BCUT2D eigenvalue weighted by molar-refractivity contribution is 5.75. The molecule has 0 aliphatic carbocycles. The average Bonchev–Trinajstić information content (AvgIpc) is 2.48. The van der Waals surface area contributed by atoms with Crippen LogP contribution >= 0.6 is 0 Å². The molecule has 0 saturated heterocycles. The van der Waals surface area contributed by atoms with Crippen LogP contribution in [-0.4, -0.2) is 38.4 Å². The zero-order chi connectivity index (χ0) is 16.0. The summed E-state index contributed by atoms with van der Waals surface area (Å²) in [5.74, 6) is 0.710. The van der Waals surface area contributed by atoms with Crippen molar-refractivity contribution < 1.29 is 27.4 Å². The van der Waals surface area contributed by atoms with Crippen LogP contribution in [0.1, 0.15) is 12.0 Å². The molecule has 1 aromatic carbocycles. The normalized spacial score (nSPS) is 17.5. The van der Waals surface area contributed by atoms with Crippen molar-refractivity contribution in [2.45, 2.75) is 19.0 Å². The predicted molar refractivity (Wildman–Crippen MR) is 73.6 cm³/mol. The van der Waals surface area contributed by atoms with Gasteiger partial charge >= 0.3 is 6.18 Å². The van der Waals surface area contributed by atoms with Gasteiger partial charge < -0.3 is 14.8 Å². The molecule has 1 atom stereocenters. The van der Waals surface area contributed by atoms with Gasteiger partial charge in [-0.1, -0.05) is 18.2 Å². The van der Waals surface area contributed by atoms with Gasteiger partial charge in [0.2, 0.25) is 5.91 Å². The van der Waals surface area contributed by atoms with E-state index in [-0.39, 0.29) is 24.9 Å². The van der Waals surface area contributed by atoms with Crippen LogP contribution in [0.5, 0.6) is 5.75 Å². The van der Waals surface area contributed by atoms with Crippen molar-refractivity contribution in [2.24, 2.45) is 5.92 Å². The maximum Gasteiger partial charge on any atom is 0.411 e. The molecule has 1 aromatic rings. The monoisotopic (exact) mass is 317 g/mol. The third-order valence-corrected chi connectivity index (χ3v) is 3.28. The number of para-hydroxylation sites is 1. The van der Waals surface area contributed by atoms with E-state index in [2.05, 4.69) is 10.1 Å². The summed E-state index contributed by atoms with van der Waals surface area (Å²) in [6, 6.07) is 7.72. The largest absolute Gasteiger partial charge is 0.493 e. The highest BCUT2D eigenvalue weighted by Gasteiger charge is 2.27. The van der Waals surface area contributed by atoms with E-state index in [4.69, 9.17) is 4.74 Å². The first kappa shape index (κ1) is 16.6. The average molecular weight is 317 g/mol. The molecule has 2 rings (SSSR count). The number of benzene rings is 1. The smallest absolute Gasteiger partial charge is 0.411 e. The molecule has 0 saturated carbocycles. The summed E-state index contributed by atoms with van der Waals surface area (Å²) in [6.07, 6.45) is -3.63. The van der Waals surface area contributed by atoms with Crippen LogP contribution in [0, 0.1) is 5.92 Å². The van der Waals surface area contributed by atoms with Gasteiger partial charge in [0.1, 0.15) is 12.4 Å². The Hall–Kier alpha value is -1.76. The lowest BCUT2D eigenvalue weighted by molar-refractivity contribution is -0.174. The van der Waals surface area contributed by atoms with Crippen LogP contribution in [0.3, 0.4) is 0 Å². The predicted octanol–water partition coefficient (Wildman–Crippen LogP) is 2.32. The molecule has 22 heavy (non-hydrogen) atoms. The highest BCUT2D eigenvalue weighted by Crippen LogP contribution is 2.26. The lowest BCUT2D eigenvalue weighted by Crippen LogP contribution is -2.35. The van der Waals surface area contributed by atoms with E-state index in [0.717, 1.165) is 17.7 Å². The van der Waals surface area contributed by atoms with E-state index < -0.39 is 12.8 Å². The Labute approximate surface area is 126 Å². The van der Waals surface area contributed by atoms with Crippen molar-refractivity contribution in [1.29, 1.82) is 0 Å². The van der Waals surface area contributed by atoms with Crippen molar-refractivity contribution in [3.05, 3.63) is 29.8 Å². The summed E-state index contributed by atoms with van der Waals surface area (Å²) >= 11 is 0. The van der Waals surface area contributed by atoms with Crippen molar-refractivity contribution in [3.8, 4) is 5.75 Å². The van der Waals surface area contributed by atoms with Crippen LogP contribution in [0.4, 0.5) is 13.2 Å². The SMILES string of the molecule is O=C(CCOCC(F)(F)F)NCC1COc2ccccc2C1. The molecule has 1 N–H and O–H groups in total. The van der Waals surface area contributed by atoms with Gasteiger partial charge in [-0.05, 0) is 18.1 Å². The van der Waals surface area contributed by atoms with E-state index in [1.807, 2.05) is 24.3 Å². The van der Waals surface area contributed by atoms with Gasteiger partial charge in [0, 0.05) is 18.9 Å². The van der Waals surface area contributed by atoms with Crippen molar-refractivity contribution in [1.82, 2.24) is 5.32 Å². The molecule has 7 heteroatoms. The molecule has 0 aromatic heterocycles. The molecule has 1 aliphatic rings. The van der Waals surface area contributed by atoms with Gasteiger partial charge in [-0.3, -0.25) is 4.79 Å². The number of carbonyl (C=O) groups excluding carboxylic acids is 1. The molecule has 0 bridgehead atoms. The van der Waals surface area contributed by atoms with Crippen molar-refractivity contribution in [3.63, 3.8) is 0 Å². The second-order valence-corrected chi connectivity index (χ2v) is 5.21. The second kappa shape index (κ2) is 7.49. The standard InChI is InChI=1S/C15H18F3NO3/c16-15(17,18)10-21-6-5-14(20)19-8-11-7-12-3-1-2-4-13(12)22-9-11/h1-4,11H,5-10H2,(H,19,20). The molecular formula is C15H18F3NO3. The molecule has 122 valence electrons. The van der Waals surface area contributed by atoms with Gasteiger partial charge in [0.15, 0.2) is 0 Å². The minimum atomic E-state index is -4.36. The number of carbonyl (C=O) groups is 1. The van der Waals surface area contributed by atoms with E-state index in [0.29, 0.717) is 13.2 Å². The Morgan fingerprint density at radius 2 is 2.14 bits per heavy atom. The number of hydrogen-bond donors (Lipinski definition) is 1. The fourth-order valence-electron chi connectivity index (χ4n) is 2.22. The van der Waals surface area contributed by atoms with E-state index in [1.165, 1.54) is 0 Å². The maximum atomic E-state index is 11.9. The molecule has 1 unspecified atom stereocenters. The van der Waals surface area contributed by atoms with Gasteiger partial charge in [0.25, 0.3) is 0 Å².